The maximum absolute atomic E-state index is 13.4. The van der Waals surface area contributed by atoms with Crippen LogP contribution in [0.3, 0.4) is 0 Å². The molecule has 0 radical (unpaired) electrons. The number of allylic oxidation sites excluding steroid dienone is 1. The second kappa shape index (κ2) is 10.6. The molecule has 4 rings (SSSR count). The molecule has 1 heterocycles. The number of nitrogens with zero attached hydrogens (tertiary/aromatic N) is 1. The number of nitrogens with one attached hydrogen (secondary N) is 1. The van der Waals surface area contributed by atoms with Gasteiger partial charge in [0.2, 0.25) is 0 Å². The van der Waals surface area contributed by atoms with Crippen LogP contribution in [0.15, 0.2) is 59.6 Å². The van der Waals surface area contributed by atoms with Gasteiger partial charge in [-0.05, 0) is 66.1 Å². The molecule has 1 aliphatic carbocycles. The molecule has 2 aromatic carbocycles. The minimum absolute atomic E-state index is 0.114. The molecule has 0 bridgehead atoms. The van der Waals surface area contributed by atoms with E-state index in [-0.39, 0.29) is 5.69 Å². The van der Waals surface area contributed by atoms with Gasteiger partial charge in [-0.25, -0.2) is 0 Å². The highest BCUT2D eigenvalue weighted by atomic mass is 32.2. The van der Waals surface area contributed by atoms with Crippen LogP contribution in [-0.2, 0) is 11.3 Å². The Bertz CT molecular complexity index is 1130. The van der Waals surface area contributed by atoms with Gasteiger partial charge in [-0.15, -0.1) is 11.8 Å². The zero-order valence-electron chi connectivity index (χ0n) is 20.3. The fraction of sp³-hybridized carbons (Fsp3) is 0.444. The van der Waals surface area contributed by atoms with Crippen molar-refractivity contribution in [1.29, 1.82) is 0 Å². The van der Waals surface area contributed by atoms with Crippen LogP contribution in [0.5, 0.6) is 0 Å². The molecule has 1 N–H and O–H groups in total. The molecule has 1 aliphatic heterocycles. The molecule has 1 amide bonds. The maximum atomic E-state index is 13.4. The summed E-state index contributed by atoms with van der Waals surface area (Å²) in [5.41, 5.74) is 1.80. The van der Waals surface area contributed by atoms with E-state index in [4.69, 9.17) is 0 Å². The van der Waals surface area contributed by atoms with E-state index in [1.54, 1.807) is 11.8 Å². The SMILES string of the molecule is C=C(CCC)N1Cc2cc(SCC3CC3)ccc2C1C(=O)Nc1ccc(C(C(F)(F)F)C(F)(F)F)cc1. The lowest BCUT2D eigenvalue weighted by Gasteiger charge is -2.28. The lowest BCUT2D eigenvalue weighted by molar-refractivity contribution is -0.253. The molecule has 10 heteroatoms. The molecule has 1 atom stereocenters. The van der Waals surface area contributed by atoms with Crippen molar-refractivity contribution in [1.82, 2.24) is 4.90 Å². The fourth-order valence-electron chi connectivity index (χ4n) is 4.56. The lowest BCUT2D eigenvalue weighted by atomic mass is 9.97. The third kappa shape index (κ3) is 6.45. The molecular formula is C27H28F6N2OS. The van der Waals surface area contributed by atoms with Crippen molar-refractivity contribution in [3.63, 3.8) is 0 Å². The number of thioether (sulfide) groups is 1. The van der Waals surface area contributed by atoms with Crippen LogP contribution in [0.4, 0.5) is 32.0 Å². The van der Waals surface area contributed by atoms with Gasteiger partial charge < -0.3 is 10.2 Å². The predicted molar refractivity (Wildman–Crippen MR) is 132 cm³/mol. The number of anilines is 1. The van der Waals surface area contributed by atoms with Crippen molar-refractivity contribution < 1.29 is 31.1 Å². The second-order valence-electron chi connectivity index (χ2n) is 9.59. The van der Waals surface area contributed by atoms with Gasteiger partial charge in [0.05, 0.1) is 0 Å². The number of carbonyl (C=O) groups excluding carboxylic acids is 1. The first-order valence-corrected chi connectivity index (χ1v) is 13.1. The third-order valence-electron chi connectivity index (χ3n) is 6.60. The molecule has 2 aliphatic rings. The van der Waals surface area contributed by atoms with Crippen LogP contribution in [0.1, 0.15) is 61.3 Å². The van der Waals surface area contributed by atoms with Gasteiger partial charge in [0.25, 0.3) is 5.91 Å². The van der Waals surface area contributed by atoms with Crippen LogP contribution in [0.2, 0.25) is 0 Å². The van der Waals surface area contributed by atoms with E-state index in [2.05, 4.69) is 18.0 Å². The molecular weight excluding hydrogens is 514 g/mol. The minimum atomic E-state index is -5.48. The van der Waals surface area contributed by atoms with E-state index >= 15 is 0 Å². The Balaban J connectivity index is 1.54. The van der Waals surface area contributed by atoms with Gasteiger partial charge in [-0.3, -0.25) is 4.79 Å². The van der Waals surface area contributed by atoms with Crippen LogP contribution >= 0.6 is 11.8 Å². The van der Waals surface area contributed by atoms with Gasteiger partial charge in [0.15, 0.2) is 5.92 Å². The number of halogens is 6. The van der Waals surface area contributed by atoms with Crippen LogP contribution in [-0.4, -0.2) is 28.9 Å². The normalized spacial score (nSPS) is 17.7. The fourth-order valence-corrected chi connectivity index (χ4v) is 5.71. The first-order valence-electron chi connectivity index (χ1n) is 12.1. The van der Waals surface area contributed by atoms with E-state index in [0.29, 0.717) is 13.0 Å². The maximum Gasteiger partial charge on any atom is 0.404 e. The van der Waals surface area contributed by atoms with Gasteiger partial charge in [0, 0.05) is 28.6 Å². The zero-order valence-corrected chi connectivity index (χ0v) is 21.1. The van der Waals surface area contributed by atoms with E-state index in [9.17, 15) is 31.1 Å². The van der Waals surface area contributed by atoms with E-state index in [1.807, 2.05) is 24.0 Å². The average Bonchev–Trinajstić information content (AvgIpc) is 3.55. The number of benzene rings is 2. The molecule has 1 unspecified atom stereocenters. The Morgan fingerprint density at radius 1 is 1.08 bits per heavy atom. The smallest absolute Gasteiger partial charge is 0.355 e. The highest BCUT2D eigenvalue weighted by Gasteiger charge is 2.57. The highest BCUT2D eigenvalue weighted by molar-refractivity contribution is 7.99. The summed E-state index contributed by atoms with van der Waals surface area (Å²) in [6.45, 7) is 6.65. The topological polar surface area (TPSA) is 32.3 Å². The average molecular weight is 543 g/mol. The molecule has 3 nitrogen and oxygen atoms in total. The number of hydrogen-bond donors (Lipinski definition) is 1. The first-order chi connectivity index (χ1) is 17.4. The monoisotopic (exact) mass is 542 g/mol. The Morgan fingerprint density at radius 3 is 2.30 bits per heavy atom. The highest BCUT2D eigenvalue weighted by Crippen LogP contribution is 2.46. The standard InChI is InChI=1S/C27H28F6N2OS/c1-3-4-16(2)35-14-19-13-21(37-15-17-5-6-17)11-12-22(19)23(35)25(36)34-20-9-7-18(8-10-20)24(26(28,29)30)27(31,32)33/h7-13,17,23-24H,2-6,14-15H2,1H3,(H,34,36). The van der Waals surface area contributed by atoms with Gasteiger partial charge in [-0.2, -0.15) is 26.3 Å². The molecule has 0 spiro atoms. The lowest BCUT2D eigenvalue weighted by Crippen LogP contribution is -2.34. The van der Waals surface area contributed by atoms with E-state index in [1.165, 1.54) is 12.8 Å². The van der Waals surface area contributed by atoms with Crippen molar-refractivity contribution in [3.8, 4) is 0 Å². The van der Waals surface area contributed by atoms with Crippen LogP contribution in [0, 0.1) is 5.92 Å². The van der Waals surface area contributed by atoms with Gasteiger partial charge >= 0.3 is 12.4 Å². The largest absolute Gasteiger partial charge is 0.404 e. The number of hydrogen-bond acceptors (Lipinski definition) is 3. The molecule has 2 aromatic rings. The first kappa shape index (κ1) is 27.4. The minimum Gasteiger partial charge on any atom is -0.355 e. The molecule has 37 heavy (non-hydrogen) atoms. The van der Waals surface area contributed by atoms with Gasteiger partial charge in [0.1, 0.15) is 6.04 Å². The van der Waals surface area contributed by atoms with Crippen molar-refractivity contribution in [3.05, 3.63) is 71.4 Å². The zero-order chi connectivity index (χ0) is 27.0. The Hall–Kier alpha value is -2.62. The van der Waals surface area contributed by atoms with Crippen molar-refractivity contribution in [2.24, 2.45) is 5.92 Å². The molecule has 200 valence electrons. The number of amides is 1. The summed E-state index contributed by atoms with van der Waals surface area (Å²) < 4.78 is 78.3. The quantitative estimate of drug-likeness (QED) is 0.256. The summed E-state index contributed by atoms with van der Waals surface area (Å²) in [6.07, 6.45) is -6.91. The Morgan fingerprint density at radius 2 is 1.73 bits per heavy atom. The van der Waals surface area contributed by atoms with Crippen LogP contribution in [0.25, 0.3) is 0 Å². The summed E-state index contributed by atoms with van der Waals surface area (Å²) in [6, 6.07) is 8.93. The number of alkyl halides is 6. The summed E-state index contributed by atoms with van der Waals surface area (Å²) in [4.78, 5) is 16.4. The summed E-state index contributed by atoms with van der Waals surface area (Å²) in [5.74, 6) is -2.18. The summed E-state index contributed by atoms with van der Waals surface area (Å²) in [5, 5.41) is 2.67. The summed E-state index contributed by atoms with van der Waals surface area (Å²) >= 11 is 1.79. The van der Waals surface area contributed by atoms with Gasteiger partial charge in [-0.1, -0.05) is 38.1 Å². The number of fused-ring (bicyclic) bond motifs is 1. The molecule has 1 fully saturated rings. The number of rotatable bonds is 9. The van der Waals surface area contributed by atoms with Crippen molar-refractivity contribution in [2.75, 3.05) is 11.1 Å². The molecule has 0 saturated heterocycles. The summed E-state index contributed by atoms with van der Waals surface area (Å²) in [7, 11) is 0. The van der Waals surface area contributed by atoms with Crippen LogP contribution < -0.4 is 5.32 Å². The Kier molecular flexibility index (Phi) is 7.88. The number of carbonyl (C=O) groups is 1. The Labute approximate surface area is 216 Å². The van der Waals surface area contributed by atoms with E-state index < -0.39 is 35.8 Å². The predicted octanol–water partition coefficient (Wildman–Crippen LogP) is 8.21. The van der Waals surface area contributed by atoms with E-state index in [0.717, 1.165) is 64.1 Å². The van der Waals surface area contributed by atoms with Crippen molar-refractivity contribution >= 4 is 23.4 Å². The third-order valence-corrected chi connectivity index (χ3v) is 7.83. The molecule has 0 aromatic heterocycles. The molecule has 1 saturated carbocycles. The second-order valence-corrected chi connectivity index (χ2v) is 10.7. The van der Waals surface area contributed by atoms with Crippen molar-refractivity contribution in [2.45, 2.75) is 68.4 Å².